The van der Waals surface area contributed by atoms with Crippen LogP contribution in [-0.2, 0) is 15.4 Å². The summed E-state index contributed by atoms with van der Waals surface area (Å²) < 4.78 is 40.4. The molecule has 2 aliphatic rings. The van der Waals surface area contributed by atoms with Crippen LogP contribution in [-0.4, -0.2) is 39.7 Å². The number of sulfone groups is 1. The van der Waals surface area contributed by atoms with Crippen LogP contribution < -0.4 is 11.1 Å². The summed E-state index contributed by atoms with van der Waals surface area (Å²) in [7, 11) is -3.69. The van der Waals surface area contributed by atoms with Gasteiger partial charge in [0.25, 0.3) is 0 Å². The molecule has 3 heterocycles. The molecule has 0 radical (unpaired) electrons. The predicted octanol–water partition coefficient (Wildman–Crippen LogP) is 2.95. The zero-order chi connectivity index (χ0) is 24.3. The average molecular weight is 480 g/mol. The quantitative estimate of drug-likeness (QED) is 0.580. The molecule has 1 aliphatic heterocycles. The monoisotopic (exact) mass is 479 g/mol. The van der Waals surface area contributed by atoms with Crippen molar-refractivity contribution in [3.8, 4) is 6.07 Å². The molecule has 0 spiro atoms. The van der Waals surface area contributed by atoms with E-state index in [-0.39, 0.29) is 23.1 Å². The molecule has 174 valence electrons. The van der Waals surface area contributed by atoms with Crippen molar-refractivity contribution in [1.82, 2.24) is 15.0 Å². The number of amidine groups is 1. The highest BCUT2D eigenvalue weighted by atomic mass is 32.2. The number of nitrogens with zero attached hydrogens (tertiary/aromatic N) is 5. The first-order chi connectivity index (χ1) is 16.1. The molecule has 11 heteroatoms. The first kappa shape index (κ1) is 22.2. The molecule has 3 N–H and O–H groups in total. The Morgan fingerprint density at radius 2 is 1.97 bits per heavy atom. The first-order valence-corrected chi connectivity index (χ1v) is 12.4. The molecule has 1 aliphatic carbocycles. The lowest BCUT2D eigenvalue weighted by molar-refractivity contribution is 0.463. The molecule has 0 amide bonds. The molecule has 2 atom stereocenters. The molecular formula is C23H22FN7O2S. The third-order valence-corrected chi connectivity index (χ3v) is 9.54. The van der Waals surface area contributed by atoms with Gasteiger partial charge < -0.3 is 11.1 Å². The number of anilines is 2. The summed E-state index contributed by atoms with van der Waals surface area (Å²) in [5.41, 5.74) is 6.68. The fourth-order valence-corrected chi connectivity index (χ4v) is 6.94. The van der Waals surface area contributed by atoms with Crippen LogP contribution in [0.15, 0.2) is 41.8 Å². The van der Waals surface area contributed by atoms with E-state index in [0.29, 0.717) is 28.1 Å². The smallest absolute Gasteiger partial charge is 0.165 e. The maximum atomic E-state index is 15.0. The van der Waals surface area contributed by atoms with Gasteiger partial charge in [0.1, 0.15) is 39.9 Å². The van der Waals surface area contributed by atoms with Crippen molar-refractivity contribution in [3.05, 3.63) is 53.7 Å². The lowest BCUT2D eigenvalue weighted by atomic mass is 9.92. The van der Waals surface area contributed by atoms with E-state index in [1.807, 2.05) is 6.07 Å². The Balaban J connectivity index is 1.55. The lowest BCUT2D eigenvalue weighted by Gasteiger charge is -2.40. The summed E-state index contributed by atoms with van der Waals surface area (Å²) in [5, 5.41) is 12.2. The predicted molar refractivity (Wildman–Crippen MR) is 126 cm³/mol. The van der Waals surface area contributed by atoms with Gasteiger partial charge in [-0.15, -0.1) is 0 Å². The van der Waals surface area contributed by atoms with Crippen molar-refractivity contribution >= 4 is 38.2 Å². The van der Waals surface area contributed by atoms with Gasteiger partial charge in [-0.05, 0) is 56.9 Å². The van der Waals surface area contributed by atoms with Gasteiger partial charge in [-0.25, -0.2) is 27.8 Å². The minimum atomic E-state index is -3.69. The SMILES string of the molecule is C[C@@]1(c2cc(Nc3ncnc4cc(C#N)cnc34)ccc2F)CS(=O)(=O)[C@@](C)(C2CC2)C(N)=N1. The first-order valence-electron chi connectivity index (χ1n) is 10.7. The molecule has 0 bridgehead atoms. The van der Waals surface area contributed by atoms with E-state index in [4.69, 9.17) is 11.0 Å². The highest BCUT2D eigenvalue weighted by Crippen LogP contribution is 2.49. The molecule has 5 rings (SSSR count). The number of aromatic nitrogens is 3. The van der Waals surface area contributed by atoms with Gasteiger partial charge in [0.05, 0.1) is 16.8 Å². The summed E-state index contributed by atoms with van der Waals surface area (Å²) in [6.07, 6.45) is 4.31. The number of nitrogens with two attached hydrogens (primary N) is 1. The molecule has 1 aromatic carbocycles. The largest absolute Gasteiger partial charge is 0.386 e. The van der Waals surface area contributed by atoms with E-state index in [1.54, 1.807) is 19.9 Å². The Hall–Kier alpha value is -3.65. The van der Waals surface area contributed by atoms with E-state index in [0.717, 1.165) is 12.8 Å². The number of aliphatic imine (C=N–C) groups is 1. The molecule has 0 saturated heterocycles. The third-order valence-electron chi connectivity index (χ3n) is 6.76. The molecule has 2 aromatic heterocycles. The van der Waals surface area contributed by atoms with E-state index in [1.165, 1.54) is 30.7 Å². The van der Waals surface area contributed by atoms with E-state index < -0.39 is 25.9 Å². The van der Waals surface area contributed by atoms with Crippen molar-refractivity contribution in [3.63, 3.8) is 0 Å². The number of hydrogen-bond donors (Lipinski definition) is 2. The zero-order valence-electron chi connectivity index (χ0n) is 18.6. The molecule has 0 unspecified atom stereocenters. The van der Waals surface area contributed by atoms with Gasteiger partial charge in [-0.1, -0.05) is 0 Å². The summed E-state index contributed by atoms with van der Waals surface area (Å²) in [6.45, 7) is 3.20. The number of nitrogens with one attached hydrogen (secondary N) is 1. The minimum Gasteiger partial charge on any atom is -0.386 e. The van der Waals surface area contributed by atoms with Crippen LogP contribution in [0.1, 0.15) is 37.8 Å². The van der Waals surface area contributed by atoms with Gasteiger partial charge >= 0.3 is 0 Å². The van der Waals surface area contributed by atoms with Crippen LogP contribution in [0.5, 0.6) is 0 Å². The molecule has 9 nitrogen and oxygen atoms in total. The topological polar surface area (TPSA) is 147 Å². The Labute approximate surface area is 195 Å². The fourth-order valence-electron chi connectivity index (χ4n) is 4.57. The Morgan fingerprint density at radius 3 is 2.65 bits per heavy atom. The van der Waals surface area contributed by atoms with E-state index >= 15 is 4.39 Å². The number of benzene rings is 1. The van der Waals surface area contributed by atoms with Gasteiger partial charge in [-0.3, -0.25) is 4.99 Å². The van der Waals surface area contributed by atoms with Gasteiger partial charge in [-0.2, -0.15) is 5.26 Å². The highest BCUT2D eigenvalue weighted by Gasteiger charge is 2.58. The second-order valence-electron chi connectivity index (χ2n) is 9.16. The highest BCUT2D eigenvalue weighted by molar-refractivity contribution is 7.93. The number of hydrogen-bond acceptors (Lipinski definition) is 9. The molecule has 3 aromatic rings. The van der Waals surface area contributed by atoms with Crippen molar-refractivity contribution < 1.29 is 12.8 Å². The second-order valence-corrected chi connectivity index (χ2v) is 11.5. The van der Waals surface area contributed by atoms with Crippen LogP contribution >= 0.6 is 0 Å². The number of halogens is 1. The van der Waals surface area contributed by atoms with Crippen molar-refractivity contribution in [2.45, 2.75) is 37.0 Å². The van der Waals surface area contributed by atoms with E-state index in [9.17, 15) is 8.42 Å². The van der Waals surface area contributed by atoms with Crippen LogP contribution in [0.4, 0.5) is 15.9 Å². The van der Waals surface area contributed by atoms with E-state index in [2.05, 4.69) is 25.3 Å². The maximum Gasteiger partial charge on any atom is 0.165 e. The minimum absolute atomic E-state index is 0.0285. The number of nitriles is 1. The van der Waals surface area contributed by atoms with Crippen LogP contribution in [0.2, 0.25) is 0 Å². The normalized spacial score (nSPS) is 26.0. The number of fused-ring (bicyclic) bond motifs is 1. The molecule has 1 fully saturated rings. The Morgan fingerprint density at radius 1 is 1.21 bits per heavy atom. The van der Waals surface area contributed by atoms with Gasteiger partial charge in [0, 0.05) is 17.4 Å². The summed E-state index contributed by atoms with van der Waals surface area (Å²) in [4.78, 5) is 17.2. The zero-order valence-corrected chi connectivity index (χ0v) is 19.4. The fraction of sp³-hybridized carbons (Fsp3) is 0.348. The summed E-state index contributed by atoms with van der Waals surface area (Å²) >= 11 is 0. The third kappa shape index (κ3) is 3.37. The number of rotatable bonds is 4. The van der Waals surface area contributed by atoms with Crippen molar-refractivity contribution in [1.29, 1.82) is 5.26 Å². The van der Waals surface area contributed by atoms with Gasteiger partial charge in [0.15, 0.2) is 15.7 Å². The lowest BCUT2D eigenvalue weighted by Crippen LogP contribution is -2.58. The molecule has 34 heavy (non-hydrogen) atoms. The summed E-state index contributed by atoms with van der Waals surface area (Å²) in [5.74, 6) is -0.593. The van der Waals surface area contributed by atoms with Crippen LogP contribution in [0.3, 0.4) is 0 Å². The van der Waals surface area contributed by atoms with Crippen LogP contribution in [0.25, 0.3) is 11.0 Å². The summed E-state index contributed by atoms with van der Waals surface area (Å²) in [6, 6.07) is 7.88. The van der Waals surface area contributed by atoms with Crippen LogP contribution in [0, 0.1) is 23.1 Å². The second kappa shape index (κ2) is 7.43. The number of pyridine rings is 1. The molecule has 1 saturated carbocycles. The maximum absolute atomic E-state index is 15.0. The average Bonchev–Trinajstić information content (AvgIpc) is 3.64. The van der Waals surface area contributed by atoms with Crippen molar-refractivity contribution in [2.75, 3.05) is 11.1 Å². The van der Waals surface area contributed by atoms with Crippen molar-refractivity contribution in [2.24, 2.45) is 16.6 Å². The molecular weight excluding hydrogens is 457 g/mol. The standard InChI is InChI=1S/C23H22FN7O2S/c1-22(11-34(32,33)23(2,14-3-4-14)21(26)31-22)16-8-15(5-6-17(16)24)30-20-19-18(28-12-29-20)7-13(9-25)10-27-19/h5-8,10,12,14H,3-4,11H2,1-2H3,(H2,26,31)(H,28,29,30)/t22-,23-/m0/s1. The van der Waals surface area contributed by atoms with Gasteiger partial charge in [0.2, 0.25) is 0 Å². The Kier molecular flexibility index (Phi) is 4.84. The Bertz CT molecular complexity index is 1510.